The molecule has 0 saturated carbocycles. The molecule has 1 aromatic heterocycles. The van der Waals surface area contributed by atoms with E-state index < -0.39 is 0 Å². The molecule has 0 spiro atoms. The molecule has 1 heterocycles. The molecule has 2 rings (SSSR count). The topological polar surface area (TPSA) is 16.1 Å². The molecule has 0 fully saturated rings. The van der Waals surface area contributed by atoms with Gasteiger partial charge in [-0.3, -0.25) is 0 Å². The number of hydrogen-bond acceptors (Lipinski definition) is 2. The van der Waals surface area contributed by atoms with Gasteiger partial charge < -0.3 is 9.38 Å². The van der Waals surface area contributed by atoms with E-state index in [2.05, 4.69) is 67.4 Å². The Hall–Kier alpha value is -1.87. The Morgan fingerprint density at radius 2 is 1.65 bits per heavy atom. The van der Waals surface area contributed by atoms with Crippen molar-refractivity contribution in [3.63, 3.8) is 0 Å². The molecule has 0 bridgehead atoms. The zero-order chi connectivity index (χ0) is 14.4. The van der Waals surface area contributed by atoms with E-state index in [0.717, 1.165) is 29.9 Å². The van der Waals surface area contributed by atoms with E-state index in [1.165, 1.54) is 5.56 Å². The predicted octanol–water partition coefficient (Wildman–Crippen LogP) is 2.79. The Morgan fingerprint density at radius 1 is 0.950 bits per heavy atom. The van der Waals surface area contributed by atoms with Crippen molar-refractivity contribution in [3.8, 4) is 0 Å². The van der Waals surface area contributed by atoms with Crippen LogP contribution in [0.4, 0.5) is 5.82 Å². The minimum Gasteiger partial charge on any atom is -0.347 e. The van der Waals surface area contributed by atoms with E-state index in [1.807, 2.05) is 18.3 Å². The van der Waals surface area contributed by atoms with Gasteiger partial charge in [-0.25, -0.2) is 4.98 Å². The molecule has 0 unspecified atom stereocenters. The highest BCUT2D eigenvalue weighted by Crippen LogP contribution is 2.14. The molecule has 0 N–H and O–H groups in total. The van der Waals surface area contributed by atoms with Gasteiger partial charge in [-0.1, -0.05) is 36.4 Å². The molecule has 106 valence electrons. The van der Waals surface area contributed by atoms with Crippen LogP contribution in [0.15, 0.2) is 54.7 Å². The standard InChI is InChI=1S/C17H24N3/c1-20(2,3)14-13-19(17-11-7-8-12-18-17)15-16-9-5-4-6-10-16/h4-12H,13-15H2,1-3H3/q+1. The maximum atomic E-state index is 4.49. The van der Waals surface area contributed by atoms with Crippen LogP contribution in [0.25, 0.3) is 0 Å². The molecule has 20 heavy (non-hydrogen) atoms. The third-order valence-corrected chi connectivity index (χ3v) is 3.23. The fourth-order valence-corrected chi connectivity index (χ4v) is 2.04. The minimum atomic E-state index is 0.901. The van der Waals surface area contributed by atoms with Gasteiger partial charge in [-0.05, 0) is 17.7 Å². The normalized spacial score (nSPS) is 11.3. The van der Waals surface area contributed by atoms with Crippen molar-refractivity contribution in [2.75, 3.05) is 39.1 Å². The van der Waals surface area contributed by atoms with Crippen LogP contribution >= 0.6 is 0 Å². The highest BCUT2D eigenvalue weighted by atomic mass is 15.3. The fourth-order valence-electron chi connectivity index (χ4n) is 2.04. The molecule has 0 amide bonds. The second kappa shape index (κ2) is 6.53. The van der Waals surface area contributed by atoms with Gasteiger partial charge in [0.25, 0.3) is 0 Å². The van der Waals surface area contributed by atoms with Crippen LogP contribution in [0.3, 0.4) is 0 Å². The van der Waals surface area contributed by atoms with Crippen molar-refractivity contribution in [1.29, 1.82) is 0 Å². The van der Waals surface area contributed by atoms with Crippen molar-refractivity contribution in [3.05, 3.63) is 60.3 Å². The summed E-state index contributed by atoms with van der Waals surface area (Å²) >= 11 is 0. The van der Waals surface area contributed by atoms with E-state index in [1.54, 1.807) is 0 Å². The maximum absolute atomic E-state index is 4.49. The van der Waals surface area contributed by atoms with Gasteiger partial charge in [0.1, 0.15) is 5.82 Å². The molecule has 3 heteroatoms. The smallest absolute Gasteiger partial charge is 0.128 e. The molecule has 0 aliphatic rings. The zero-order valence-electron chi connectivity index (χ0n) is 12.7. The lowest BCUT2D eigenvalue weighted by Gasteiger charge is -2.29. The summed E-state index contributed by atoms with van der Waals surface area (Å²) in [5, 5.41) is 0. The Bertz CT molecular complexity index is 503. The first-order valence-corrected chi connectivity index (χ1v) is 7.05. The SMILES string of the molecule is C[N+](C)(C)CCN(Cc1ccccc1)c1ccccn1. The minimum absolute atomic E-state index is 0.901. The van der Waals surface area contributed by atoms with Gasteiger partial charge in [-0.15, -0.1) is 0 Å². The van der Waals surface area contributed by atoms with Gasteiger partial charge in [0.2, 0.25) is 0 Å². The third kappa shape index (κ3) is 4.67. The summed E-state index contributed by atoms with van der Waals surface area (Å²) < 4.78 is 0.956. The molecule has 0 radical (unpaired) electrons. The molecule has 0 atom stereocenters. The number of benzene rings is 1. The molecular formula is C17H24N3+. The monoisotopic (exact) mass is 270 g/mol. The summed E-state index contributed by atoms with van der Waals surface area (Å²) in [5.41, 5.74) is 1.32. The third-order valence-electron chi connectivity index (χ3n) is 3.23. The highest BCUT2D eigenvalue weighted by molar-refractivity contribution is 5.39. The summed E-state index contributed by atoms with van der Waals surface area (Å²) in [6, 6.07) is 16.7. The molecular weight excluding hydrogens is 246 g/mol. The summed E-state index contributed by atoms with van der Waals surface area (Å²) in [6.07, 6.45) is 1.86. The van der Waals surface area contributed by atoms with E-state index in [0.29, 0.717) is 0 Å². The first-order valence-electron chi connectivity index (χ1n) is 7.05. The van der Waals surface area contributed by atoms with Gasteiger partial charge in [-0.2, -0.15) is 0 Å². The molecule has 0 aliphatic heterocycles. The lowest BCUT2D eigenvalue weighted by atomic mass is 10.2. The van der Waals surface area contributed by atoms with Crippen molar-refractivity contribution < 1.29 is 4.48 Å². The summed E-state index contributed by atoms with van der Waals surface area (Å²) in [6.45, 7) is 2.98. The lowest BCUT2D eigenvalue weighted by molar-refractivity contribution is -0.868. The van der Waals surface area contributed by atoms with E-state index in [4.69, 9.17) is 0 Å². The van der Waals surface area contributed by atoms with Crippen LogP contribution in [0, 0.1) is 0 Å². The number of rotatable bonds is 6. The van der Waals surface area contributed by atoms with Crippen LogP contribution in [0.2, 0.25) is 0 Å². The molecule has 0 saturated heterocycles. The number of quaternary nitrogens is 1. The van der Waals surface area contributed by atoms with Gasteiger partial charge in [0.15, 0.2) is 0 Å². The van der Waals surface area contributed by atoms with Crippen molar-refractivity contribution >= 4 is 5.82 Å². The Labute approximate surface area is 122 Å². The van der Waals surface area contributed by atoms with Gasteiger partial charge in [0, 0.05) is 12.7 Å². The second-order valence-corrected chi connectivity index (χ2v) is 6.11. The Kier molecular flexibility index (Phi) is 4.74. The van der Waals surface area contributed by atoms with Crippen molar-refractivity contribution in [2.24, 2.45) is 0 Å². The van der Waals surface area contributed by atoms with Crippen LogP contribution < -0.4 is 4.90 Å². The molecule has 1 aromatic carbocycles. The number of aromatic nitrogens is 1. The van der Waals surface area contributed by atoms with Crippen molar-refractivity contribution in [2.45, 2.75) is 6.54 Å². The quantitative estimate of drug-likeness (QED) is 0.750. The summed E-state index contributed by atoms with van der Waals surface area (Å²) in [5.74, 6) is 1.05. The number of pyridine rings is 1. The van der Waals surface area contributed by atoms with E-state index >= 15 is 0 Å². The first-order chi connectivity index (χ1) is 9.54. The number of anilines is 1. The van der Waals surface area contributed by atoms with Crippen molar-refractivity contribution in [1.82, 2.24) is 4.98 Å². The van der Waals surface area contributed by atoms with Crippen LogP contribution in [0.5, 0.6) is 0 Å². The van der Waals surface area contributed by atoms with Crippen LogP contribution in [0.1, 0.15) is 5.56 Å². The maximum Gasteiger partial charge on any atom is 0.128 e. The zero-order valence-corrected chi connectivity index (χ0v) is 12.7. The Morgan fingerprint density at radius 3 is 2.25 bits per heavy atom. The number of likely N-dealkylation sites (N-methyl/N-ethyl adjacent to an activating group) is 1. The van der Waals surface area contributed by atoms with Crippen LogP contribution in [-0.4, -0.2) is 43.7 Å². The molecule has 2 aromatic rings. The summed E-state index contributed by atoms with van der Waals surface area (Å²) in [4.78, 5) is 6.84. The van der Waals surface area contributed by atoms with E-state index in [-0.39, 0.29) is 0 Å². The highest BCUT2D eigenvalue weighted by Gasteiger charge is 2.13. The number of hydrogen-bond donors (Lipinski definition) is 0. The second-order valence-electron chi connectivity index (χ2n) is 6.11. The largest absolute Gasteiger partial charge is 0.347 e. The van der Waals surface area contributed by atoms with Crippen LogP contribution in [-0.2, 0) is 6.54 Å². The first kappa shape index (κ1) is 14.5. The number of nitrogens with zero attached hydrogens (tertiary/aromatic N) is 3. The van der Waals surface area contributed by atoms with Gasteiger partial charge in [0.05, 0.1) is 34.2 Å². The van der Waals surface area contributed by atoms with E-state index in [9.17, 15) is 0 Å². The summed E-state index contributed by atoms with van der Waals surface area (Å²) in [7, 11) is 6.66. The average Bonchev–Trinajstić information content (AvgIpc) is 2.44. The van der Waals surface area contributed by atoms with Gasteiger partial charge >= 0.3 is 0 Å². The average molecular weight is 270 g/mol. The molecule has 0 aliphatic carbocycles. The fraction of sp³-hybridized carbons (Fsp3) is 0.353. The predicted molar refractivity (Wildman–Crippen MR) is 84.6 cm³/mol. The molecule has 3 nitrogen and oxygen atoms in total. The lowest BCUT2D eigenvalue weighted by Crippen LogP contribution is -2.42. The Balaban J connectivity index is 2.12.